The molecular formula is C12H18FNO2. The first-order valence-corrected chi connectivity index (χ1v) is 5.40. The van der Waals surface area contributed by atoms with Crippen LogP contribution in [0.5, 0.6) is 5.75 Å². The quantitative estimate of drug-likeness (QED) is 0.779. The SMILES string of the molecule is CCCNC(CO)c1ccc(F)c(OC)c1. The van der Waals surface area contributed by atoms with Gasteiger partial charge in [-0.15, -0.1) is 0 Å². The summed E-state index contributed by atoms with van der Waals surface area (Å²) in [4.78, 5) is 0. The molecule has 1 atom stereocenters. The Kier molecular flexibility index (Phi) is 5.22. The molecular weight excluding hydrogens is 209 g/mol. The molecule has 3 nitrogen and oxygen atoms in total. The van der Waals surface area contributed by atoms with E-state index in [1.807, 2.05) is 6.92 Å². The van der Waals surface area contributed by atoms with Gasteiger partial charge in [-0.05, 0) is 30.7 Å². The fourth-order valence-corrected chi connectivity index (χ4v) is 1.50. The topological polar surface area (TPSA) is 41.5 Å². The number of aliphatic hydroxyl groups is 1. The van der Waals surface area contributed by atoms with E-state index in [1.165, 1.54) is 13.2 Å². The number of aliphatic hydroxyl groups excluding tert-OH is 1. The zero-order chi connectivity index (χ0) is 12.0. The second kappa shape index (κ2) is 6.45. The molecule has 0 amide bonds. The number of nitrogens with one attached hydrogen (secondary N) is 1. The van der Waals surface area contributed by atoms with Crippen LogP contribution in [0.25, 0.3) is 0 Å². The highest BCUT2D eigenvalue weighted by Gasteiger charge is 2.12. The third-order valence-electron chi connectivity index (χ3n) is 2.40. The van der Waals surface area contributed by atoms with Gasteiger partial charge in [-0.3, -0.25) is 0 Å². The maximum absolute atomic E-state index is 13.2. The van der Waals surface area contributed by atoms with Crippen LogP contribution >= 0.6 is 0 Å². The van der Waals surface area contributed by atoms with Crippen molar-refractivity contribution in [2.75, 3.05) is 20.3 Å². The second-order valence-electron chi connectivity index (χ2n) is 3.58. The van der Waals surface area contributed by atoms with Crippen molar-refractivity contribution in [2.24, 2.45) is 0 Å². The lowest BCUT2D eigenvalue weighted by Gasteiger charge is -2.17. The van der Waals surface area contributed by atoms with E-state index in [9.17, 15) is 9.50 Å². The molecule has 1 aromatic rings. The van der Waals surface area contributed by atoms with Gasteiger partial charge in [0.25, 0.3) is 0 Å². The van der Waals surface area contributed by atoms with Gasteiger partial charge in [-0.2, -0.15) is 0 Å². The van der Waals surface area contributed by atoms with Crippen LogP contribution < -0.4 is 10.1 Å². The van der Waals surface area contributed by atoms with E-state index in [2.05, 4.69) is 5.32 Å². The van der Waals surface area contributed by atoms with Gasteiger partial charge in [-0.1, -0.05) is 13.0 Å². The predicted octanol–water partition coefficient (Wildman–Crippen LogP) is 1.87. The molecule has 0 saturated carbocycles. The average molecular weight is 227 g/mol. The Balaban J connectivity index is 2.83. The molecule has 0 spiro atoms. The summed E-state index contributed by atoms with van der Waals surface area (Å²) in [5.41, 5.74) is 0.828. The van der Waals surface area contributed by atoms with Crippen LogP contribution in [0.4, 0.5) is 4.39 Å². The van der Waals surface area contributed by atoms with Gasteiger partial charge in [0.05, 0.1) is 19.8 Å². The number of benzene rings is 1. The van der Waals surface area contributed by atoms with Crippen LogP contribution in [0, 0.1) is 5.82 Å². The smallest absolute Gasteiger partial charge is 0.165 e. The summed E-state index contributed by atoms with van der Waals surface area (Å²) in [7, 11) is 1.43. The van der Waals surface area contributed by atoms with E-state index in [4.69, 9.17) is 4.74 Å². The monoisotopic (exact) mass is 227 g/mol. The standard InChI is InChI=1S/C12H18FNO2/c1-3-6-14-11(8-15)9-4-5-10(13)12(7-9)16-2/h4-5,7,11,14-15H,3,6,8H2,1-2H3. The molecule has 0 radical (unpaired) electrons. The van der Waals surface area contributed by atoms with E-state index in [0.717, 1.165) is 18.5 Å². The lowest BCUT2D eigenvalue weighted by atomic mass is 10.1. The van der Waals surface area contributed by atoms with Crippen molar-refractivity contribution in [2.45, 2.75) is 19.4 Å². The normalized spacial score (nSPS) is 12.5. The van der Waals surface area contributed by atoms with Crippen molar-refractivity contribution >= 4 is 0 Å². The molecule has 0 aliphatic carbocycles. The van der Waals surface area contributed by atoms with Crippen LogP contribution in [0.2, 0.25) is 0 Å². The van der Waals surface area contributed by atoms with E-state index >= 15 is 0 Å². The maximum Gasteiger partial charge on any atom is 0.165 e. The predicted molar refractivity (Wildman–Crippen MR) is 61.1 cm³/mol. The van der Waals surface area contributed by atoms with Crippen molar-refractivity contribution < 1.29 is 14.2 Å². The molecule has 90 valence electrons. The number of hydrogen-bond donors (Lipinski definition) is 2. The Bertz CT molecular complexity index is 331. The summed E-state index contributed by atoms with van der Waals surface area (Å²) >= 11 is 0. The maximum atomic E-state index is 13.2. The molecule has 1 unspecified atom stereocenters. The fourth-order valence-electron chi connectivity index (χ4n) is 1.50. The zero-order valence-corrected chi connectivity index (χ0v) is 9.66. The lowest BCUT2D eigenvalue weighted by Crippen LogP contribution is -2.25. The van der Waals surface area contributed by atoms with Gasteiger partial charge in [0.2, 0.25) is 0 Å². The molecule has 2 N–H and O–H groups in total. The molecule has 0 aliphatic heterocycles. The van der Waals surface area contributed by atoms with Crippen LogP contribution in [0.3, 0.4) is 0 Å². The summed E-state index contributed by atoms with van der Waals surface area (Å²) in [5, 5.41) is 12.4. The number of methoxy groups -OCH3 is 1. The van der Waals surface area contributed by atoms with Crippen molar-refractivity contribution in [3.05, 3.63) is 29.6 Å². The van der Waals surface area contributed by atoms with E-state index in [-0.39, 0.29) is 18.4 Å². The van der Waals surface area contributed by atoms with Crippen molar-refractivity contribution in [3.8, 4) is 5.75 Å². The first kappa shape index (κ1) is 12.9. The van der Waals surface area contributed by atoms with E-state index in [1.54, 1.807) is 12.1 Å². The molecule has 0 aliphatic rings. The lowest BCUT2D eigenvalue weighted by molar-refractivity contribution is 0.244. The van der Waals surface area contributed by atoms with Crippen LogP contribution in [-0.4, -0.2) is 25.4 Å². The van der Waals surface area contributed by atoms with E-state index in [0.29, 0.717) is 0 Å². The van der Waals surface area contributed by atoms with Gasteiger partial charge in [-0.25, -0.2) is 4.39 Å². The first-order valence-electron chi connectivity index (χ1n) is 5.40. The summed E-state index contributed by atoms with van der Waals surface area (Å²) in [6, 6.07) is 4.44. The van der Waals surface area contributed by atoms with Gasteiger partial charge in [0.15, 0.2) is 11.6 Å². The van der Waals surface area contributed by atoms with Crippen molar-refractivity contribution in [3.63, 3.8) is 0 Å². The summed E-state index contributed by atoms with van der Waals surface area (Å²) in [5.74, 6) is -0.187. The first-order chi connectivity index (χ1) is 7.72. The molecule has 4 heteroatoms. The molecule has 1 aromatic carbocycles. The Labute approximate surface area is 95.2 Å². The largest absolute Gasteiger partial charge is 0.494 e. The van der Waals surface area contributed by atoms with Crippen LogP contribution in [0.1, 0.15) is 24.9 Å². The summed E-state index contributed by atoms with van der Waals surface area (Å²) < 4.78 is 18.1. The zero-order valence-electron chi connectivity index (χ0n) is 9.66. The average Bonchev–Trinajstić information content (AvgIpc) is 2.32. The second-order valence-corrected chi connectivity index (χ2v) is 3.58. The van der Waals surface area contributed by atoms with Gasteiger partial charge in [0, 0.05) is 0 Å². The minimum absolute atomic E-state index is 0.0191. The van der Waals surface area contributed by atoms with Crippen LogP contribution in [0.15, 0.2) is 18.2 Å². The van der Waals surface area contributed by atoms with Gasteiger partial charge < -0.3 is 15.2 Å². The highest BCUT2D eigenvalue weighted by molar-refractivity contribution is 5.32. The molecule has 0 aromatic heterocycles. The van der Waals surface area contributed by atoms with E-state index < -0.39 is 5.82 Å². The molecule has 0 bridgehead atoms. The van der Waals surface area contributed by atoms with Gasteiger partial charge >= 0.3 is 0 Å². The summed E-state index contributed by atoms with van der Waals surface area (Å²) in [6.45, 7) is 2.84. The van der Waals surface area contributed by atoms with Crippen molar-refractivity contribution in [1.29, 1.82) is 0 Å². The molecule has 1 rings (SSSR count). The number of hydrogen-bond acceptors (Lipinski definition) is 3. The molecule has 0 fully saturated rings. The minimum Gasteiger partial charge on any atom is -0.494 e. The molecule has 16 heavy (non-hydrogen) atoms. The third kappa shape index (κ3) is 3.18. The Hall–Kier alpha value is -1.13. The Morgan fingerprint density at radius 2 is 2.25 bits per heavy atom. The minimum atomic E-state index is -0.390. The van der Waals surface area contributed by atoms with Crippen molar-refractivity contribution in [1.82, 2.24) is 5.32 Å². The number of halogens is 1. The number of ether oxygens (including phenoxy) is 1. The highest BCUT2D eigenvalue weighted by Crippen LogP contribution is 2.22. The Morgan fingerprint density at radius 3 is 2.81 bits per heavy atom. The number of rotatable bonds is 6. The summed E-state index contributed by atoms with van der Waals surface area (Å²) in [6.07, 6.45) is 0.981. The molecule has 0 heterocycles. The van der Waals surface area contributed by atoms with Crippen LogP contribution in [-0.2, 0) is 0 Å². The molecule has 0 saturated heterocycles. The third-order valence-corrected chi connectivity index (χ3v) is 2.40. The Morgan fingerprint density at radius 1 is 1.50 bits per heavy atom. The highest BCUT2D eigenvalue weighted by atomic mass is 19.1. The van der Waals surface area contributed by atoms with Gasteiger partial charge in [0.1, 0.15) is 0 Å². The fraction of sp³-hybridized carbons (Fsp3) is 0.500.